The minimum atomic E-state index is 0.662. The zero-order valence-corrected chi connectivity index (χ0v) is 10.6. The molecule has 0 radical (unpaired) electrons. The van der Waals surface area contributed by atoms with Crippen molar-refractivity contribution in [3.8, 4) is 16.9 Å². The number of nitrogen functional groups attached to an aromatic ring is 1. The largest absolute Gasteiger partial charge is 0.396 e. The summed E-state index contributed by atoms with van der Waals surface area (Å²) in [5.41, 5.74) is 10.7. The van der Waals surface area contributed by atoms with Crippen molar-refractivity contribution in [2.24, 2.45) is 0 Å². The second-order valence-corrected chi connectivity index (χ2v) is 4.40. The fourth-order valence-electron chi connectivity index (χ4n) is 2.07. The first kappa shape index (κ1) is 11.5. The first-order valence-corrected chi connectivity index (χ1v) is 6.07. The van der Waals surface area contributed by atoms with Crippen LogP contribution in [-0.4, -0.2) is 14.8 Å². The van der Waals surface area contributed by atoms with Gasteiger partial charge in [0.15, 0.2) is 0 Å². The fourth-order valence-corrected chi connectivity index (χ4v) is 2.07. The van der Waals surface area contributed by atoms with Crippen LogP contribution < -0.4 is 5.73 Å². The normalized spacial score (nSPS) is 10.6. The Balaban J connectivity index is 2.10. The minimum Gasteiger partial charge on any atom is -0.396 e. The van der Waals surface area contributed by atoms with E-state index < -0.39 is 0 Å². The Morgan fingerprint density at radius 2 is 1.79 bits per heavy atom. The van der Waals surface area contributed by atoms with Crippen LogP contribution in [0.1, 0.15) is 5.56 Å². The smallest absolute Gasteiger partial charge is 0.116 e. The number of nitrogens with zero attached hydrogens (tertiary/aromatic N) is 3. The van der Waals surface area contributed by atoms with E-state index in [1.54, 1.807) is 12.4 Å². The number of benzene rings is 1. The van der Waals surface area contributed by atoms with E-state index in [2.05, 4.69) is 23.1 Å². The molecule has 4 heteroatoms. The van der Waals surface area contributed by atoms with Gasteiger partial charge in [0.1, 0.15) is 5.69 Å². The third kappa shape index (κ3) is 2.08. The Labute approximate surface area is 111 Å². The Morgan fingerprint density at radius 1 is 1.05 bits per heavy atom. The fraction of sp³-hybridized carbons (Fsp3) is 0.0667. The minimum absolute atomic E-state index is 0.662. The quantitative estimate of drug-likeness (QED) is 0.760. The Morgan fingerprint density at radius 3 is 2.53 bits per heavy atom. The highest BCUT2D eigenvalue weighted by molar-refractivity contribution is 5.72. The van der Waals surface area contributed by atoms with Gasteiger partial charge in [0.25, 0.3) is 0 Å². The topological polar surface area (TPSA) is 56.7 Å². The first-order valence-electron chi connectivity index (χ1n) is 6.07. The molecule has 2 aromatic heterocycles. The van der Waals surface area contributed by atoms with E-state index in [4.69, 9.17) is 5.73 Å². The standard InChI is InChI=1S/C15H14N4/c1-11-4-2-3-5-14(11)19-10-13(16)15(18-19)12-6-8-17-9-7-12/h2-10H,16H2,1H3. The molecule has 0 aliphatic heterocycles. The molecule has 0 aliphatic rings. The lowest BCUT2D eigenvalue weighted by atomic mass is 10.2. The van der Waals surface area contributed by atoms with E-state index in [9.17, 15) is 0 Å². The second kappa shape index (κ2) is 4.57. The maximum Gasteiger partial charge on any atom is 0.116 e. The van der Waals surface area contributed by atoms with Gasteiger partial charge in [-0.25, -0.2) is 4.68 Å². The zero-order chi connectivity index (χ0) is 13.2. The van der Waals surface area contributed by atoms with Crippen LogP contribution >= 0.6 is 0 Å². The molecule has 1 aromatic carbocycles. The first-order chi connectivity index (χ1) is 9.25. The van der Waals surface area contributed by atoms with Gasteiger partial charge in [-0.3, -0.25) is 4.98 Å². The van der Waals surface area contributed by atoms with Gasteiger partial charge in [0, 0.05) is 18.0 Å². The van der Waals surface area contributed by atoms with Gasteiger partial charge in [0.05, 0.1) is 17.6 Å². The number of hydrogen-bond acceptors (Lipinski definition) is 3. The molecule has 0 saturated carbocycles. The lowest BCUT2D eigenvalue weighted by molar-refractivity contribution is 0.876. The number of para-hydroxylation sites is 1. The van der Waals surface area contributed by atoms with Crippen LogP contribution in [-0.2, 0) is 0 Å². The molecule has 4 nitrogen and oxygen atoms in total. The van der Waals surface area contributed by atoms with Crippen molar-refractivity contribution in [1.82, 2.24) is 14.8 Å². The molecule has 0 aliphatic carbocycles. The van der Waals surface area contributed by atoms with Gasteiger partial charge in [-0.1, -0.05) is 18.2 Å². The molecule has 94 valence electrons. The van der Waals surface area contributed by atoms with E-state index in [0.717, 1.165) is 22.5 Å². The zero-order valence-electron chi connectivity index (χ0n) is 10.6. The molecule has 2 N–H and O–H groups in total. The number of rotatable bonds is 2. The van der Waals surface area contributed by atoms with E-state index >= 15 is 0 Å². The second-order valence-electron chi connectivity index (χ2n) is 4.40. The van der Waals surface area contributed by atoms with E-state index in [1.165, 1.54) is 0 Å². The summed E-state index contributed by atoms with van der Waals surface area (Å²) in [4.78, 5) is 4.00. The molecule has 0 spiro atoms. The van der Waals surface area contributed by atoms with Gasteiger partial charge < -0.3 is 5.73 Å². The van der Waals surface area contributed by atoms with E-state index in [0.29, 0.717) is 5.69 Å². The van der Waals surface area contributed by atoms with Crippen LogP contribution in [0.2, 0.25) is 0 Å². The molecule has 0 atom stereocenters. The predicted octanol–water partition coefficient (Wildman–Crippen LogP) is 2.82. The monoisotopic (exact) mass is 250 g/mol. The molecular formula is C15H14N4. The average molecular weight is 250 g/mol. The molecule has 0 saturated heterocycles. The third-order valence-electron chi connectivity index (χ3n) is 3.06. The molecule has 3 rings (SSSR count). The van der Waals surface area contributed by atoms with Crippen LogP contribution in [0.15, 0.2) is 55.0 Å². The van der Waals surface area contributed by atoms with Gasteiger partial charge in [-0.05, 0) is 30.7 Å². The number of aromatic nitrogens is 3. The third-order valence-corrected chi connectivity index (χ3v) is 3.06. The number of pyridine rings is 1. The van der Waals surface area contributed by atoms with Crippen molar-refractivity contribution in [3.05, 3.63) is 60.6 Å². The Hall–Kier alpha value is -2.62. The highest BCUT2D eigenvalue weighted by atomic mass is 15.3. The molecule has 3 aromatic rings. The van der Waals surface area contributed by atoms with Crippen molar-refractivity contribution in [1.29, 1.82) is 0 Å². The van der Waals surface area contributed by atoms with Crippen molar-refractivity contribution in [3.63, 3.8) is 0 Å². The molecule has 2 heterocycles. The summed E-state index contributed by atoms with van der Waals surface area (Å²) in [6, 6.07) is 11.9. The van der Waals surface area contributed by atoms with Crippen molar-refractivity contribution in [2.45, 2.75) is 6.92 Å². The molecule has 0 bridgehead atoms. The van der Waals surface area contributed by atoms with Gasteiger partial charge in [0.2, 0.25) is 0 Å². The molecule has 0 unspecified atom stereocenters. The lowest BCUT2D eigenvalue weighted by Gasteiger charge is -2.04. The van der Waals surface area contributed by atoms with Crippen LogP contribution in [0.25, 0.3) is 16.9 Å². The summed E-state index contributed by atoms with van der Waals surface area (Å²) in [6.07, 6.45) is 5.32. The van der Waals surface area contributed by atoms with E-state index in [-0.39, 0.29) is 0 Å². The van der Waals surface area contributed by atoms with Crippen molar-refractivity contribution < 1.29 is 0 Å². The lowest BCUT2D eigenvalue weighted by Crippen LogP contribution is -1.97. The summed E-state index contributed by atoms with van der Waals surface area (Å²) in [5, 5.41) is 4.58. The van der Waals surface area contributed by atoms with Crippen molar-refractivity contribution >= 4 is 5.69 Å². The van der Waals surface area contributed by atoms with Crippen LogP contribution in [0.4, 0.5) is 5.69 Å². The summed E-state index contributed by atoms with van der Waals surface area (Å²) < 4.78 is 1.82. The summed E-state index contributed by atoms with van der Waals surface area (Å²) in [7, 11) is 0. The Bertz CT molecular complexity index is 701. The summed E-state index contributed by atoms with van der Waals surface area (Å²) in [6.45, 7) is 2.05. The SMILES string of the molecule is Cc1ccccc1-n1cc(N)c(-c2ccncc2)n1. The molecular weight excluding hydrogens is 236 g/mol. The maximum atomic E-state index is 6.06. The van der Waals surface area contributed by atoms with Crippen LogP contribution in [0.3, 0.4) is 0 Å². The Kier molecular flexibility index (Phi) is 2.76. The molecule has 19 heavy (non-hydrogen) atoms. The number of nitrogens with two attached hydrogens (primary N) is 1. The number of aryl methyl sites for hydroxylation is 1. The maximum absolute atomic E-state index is 6.06. The highest BCUT2D eigenvalue weighted by Crippen LogP contribution is 2.25. The average Bonchev–Trinajstić information content (AvgIpc) is 2.82. The summed E-state index contributed by atoms with van der Waals surface area (Å²) in [5.74, 6) is 0. The highest BCUT2D eigenvalue weighted by Gasteiger charge is 2.10. The van der Waals surface area contributed by atoms with Crippen LogP contribution in [0.5, 0.6) is 0 Å². The molecule has 0 fully saturated rings. The predicted molar refractivity (Wildman–Crippen MR) is 75.9 cm³/mol. The summed E-state index contributed by atoms with van der Waals surface area (Å²) >= 11 is 0. The van der Waals surface area contributed by atoms with Crippen LogP contribution in [0, 0.1) is 6.92 Å². The number of hydrogen-bond donors (Lipinski definition) is 1. The molecule has 0 amide bonds. The van der Waals surface area contributed by atoms with Crippen molar-refractivity contribution in [2.75, 3.05) is 5.73 Å². The van der Waals surface area contributed by atoms with E-state index in [1.807, 2.05) is 41.2 Å². The van der Waals surface area contributed by atoms with Gasteiger partial charge >= 0.3 is 0 Å². The van der Waals surface area contributed by atoms with Gasteiger partial charge in [-0.2, -0.15) is 5.10 Å². The van der Waals surface area contributed by atoms with Gasteiger partial charge in [-0.15, -0.1) is 0 Å². The number of anilines is 1.